The highest BCUT2D eigenvalue weighted by molar-refractivity contribution is 6.30. The highest BCUT2D eigenvalue weighted by Gasteiger charge is 2.34. The second-order valence-corrected chi connectivity index (χ2v) is 5.51. The Morgan fingerprint density at radius 1 is 1.28 bits per heavy atom. The van der Waals surface area contributed by atoms with Gasteiger partial charge in [-0.1, -0.05) is 23.7 Å². The lowest BCUT2D eigenvalue weighted by atomic mass is 10.0. The molecule has 1 saturated carbocycles. The highest BCUT2D eigenvalue weighted by atomic mass is 35.5. The molecule has 1 aliphatic carbocycles. The van der Waals surface area contributed by atoms with Gasteiger partial charge in [-0.3, -0.25) is 4.79 Å². The van der Waals surface area contributed by atoms with E-state index in [9.17, 15) is 4.79 Å². The second-order valence-electron chi connectivity index (χ2n) is 5.07. The van der Waals surface area contributed by atoms with Crippen molar-refractivity contribution in [1.82, 2.24) is 4.90 Å². The summed E-state index contributed by atoms with van der Waals surface area (Å²) in [6.45, 7) is 1.67. The van der Waals surface area contributed by atoms with Gasteiger partial charge in [0.15, 0.2) is 0 Å². The molecule has 1 aromatic carbocycles. The molecule has 2 aliphatic rings. The maximum Gasteiger partial charge on any atom is 0.249 e. The first kappa shape index (κ1) is 12.0. The highest BCUT2D eigenvalue weighted by Crippen LogP contribution is 2.34. The summed E-state index contributed by atoms with van der Waals surface area (Å²) < 4.78 is 5.39. The van der Waals surface area contributed by atoms with E-state index in [0.29, 0.717) is 12.5 Å². The number of amides is 1. The number of ether oxygens (including phenoxy) is 1. The van der Waals surface area contributed by atoms with Crippen LogP contribution in [0.2, 0.25) is 5.02 Å². The van der Waals surface area contributed by atoms with Crippen LogP contribution in [0, 0.1) is 5.92 Å². The molecule has 1 atom stereocenters. The van der Waals surface area contributed by atoms with E-state index in [1.165, 1.54) is 12.8 Å². The van der Waals surface area contributed by atoms with Crippen LogP contribution in [0.4, 0.5) is 0 Å². The summed E-state index contributed by atoms with van der Waals surface area (Å²) in [4.78, 5) is 14.0. The Kier molecular flexibility index (Phi) is 3.27. The largest absolute Gasteiger partial charge is 0.369 e. The fourth-order valence-electron chi connectivity index (χ4n) is 2.37. The van der Waals surface area contributed by atoms with Gasteiger partial charge in [-0.05, 0) is 36.5 Å². The molecule has 3 rings (SSSR count). The molecular formula is C14H16ClNO2. The molecule has 18 heavy (non-hydrogen) atoms. The number of hydrogen-bond donors (Lipinski definition) is 0. The van der Waals surface area contributed by atoms with Crippen molar-refractivity contribution in [2.24, 2.45) is 5.92 Å². The van der Waals surface area contributed by atoms with E-state index < -0.39 is 0 Å². The third-order valence-electron chi connectivity index (χ3n) is 3.60. The number of carbonyl (C=O) groups is 1. The normalized spacial score (nSPS) is 24.4. The first-order chi connectivity index (χ1) is 8.74. The molecule has 1 aliphatic heterocycles. The first-order valence-corrected chi connectivity index (χ1v) is 6.74. The quantitative estimate of drug-likeness (QED) is 0.841. The van der Waals surface area contributed by atoms with E-state index >= 15 is 0 Å². The van der Waals surface area contributed by atoms with E-state index in [1.54, 1.807) is 0 Å². The summed E-state index contributed by atoms with van der Waals surface area (Å²) in [7, 11) is 0. The summed E-state index contributed by atoms with van der Waals surface area (Å²) >= 11 is 5.90. The maximum atomic E-state index is 12.0. The number of halogens is 1. The summed E-state index contributed by atoms with van der Waals surface area (Å²) in [5.41, 5.74) is 1.10. The average Bonchev–Trinajstić information content (AvgIpc) is 3.17. The van der Waals surface area contributed by atoms with E-state index in [2.05, 4.69) is 0 Å². The number of benzene rings is 1. The van der Waals surface area contributed by atoms with Gasteiger partial charge in [-0.2, -0.15) is 0 Å². The summed E-state index contributed by atoms with van der Waals surface area (Å²) in [5, 5.41) is 0.718. The minimum Gasteiger partial charge on any atom is -0.369 e. The number of nitrogens with zero attached hydrogens (tertiary/aromatic N) is 1. The molecule has 2 fully saturated rings. The van der Waals surface area contributed by atoms with Crippen molar-refractivity contribution in [3.05, 3.63) is 34.9 Å². The standard InChI is InChI=1S/C14H16ClNO2/c15-12-5-3-11(4-6-12)13-8-18-9-14(17)16(13)7-10-1-2-10/h3-6,10,13H,1-2,7-9H2/t13-/m0/s1. The maximum absolute atomic E-state index is 12.0. The molecule has 1 aromatic rings. The summed E-state index contributed by atoms with van der Waals surface area (Å²) in [5.74, 6) is 0.801. The van der Waals surface area contributed by atoms with Crippen LogP contribution in [-0.2, 0) is 9.53 Å². The molecule has 0 unspecified atom stereocenters. The van der Waals surface area contributed by atoms with Crippen LogP contribution in [0.3, 0.4) is 0 Å². The molecule has 3 nitrogen and oxygen atoms in total. The van der Waals surface area contributed by atoms with E-state index in [0.717, 1.165) is 17.1 Å². The smallest absolute Gasteiger partial charge is 0.249 e. The Labute approximate surface area is 112 Å². The fraction of sp³-hybridized carbons (Fsp3) is 0.500. The van der Waals surface area contributed by atoms with Crippen LogP contribution in [-0.4, -0.2) is 30.6 Å². The Balaban J connectivity index is 1.81. The van der Waals surface area contributed by atoms with E-state index in [4.69, 9.17) is 16.3 Å². The van der Waals surface area contributed by atoms with Crippen molar-refractivity contribution in [2.45, 2.75) is 18.9 Å². The van der Waals surface area contributed by atoms with Crippen molar-refractivity contribution < 1.29 is 9.53 Å². The van der Waals surface area contributed by atoms with Gasteiger partial charge in [0.25, 0.3) is 0 Å². The molecule has 0 bridgehead atoms. The van der Waals surface area contributed by atoms with Crippen LogP contribution >= 0.6 is 11.6 Å². The topological polar surface area (TPSA) is 29.5 Å². The van der Waals surface area contributed by atoms with Gasteiger partial charge in [-0.15, -0.1) is 0 Å². The lowest BCUT2D eigenvalue weighted by molar-refractivity contribution is -0.148. The first-order valence-electron chi connectivity index (χ1n) is 6.37. The van der Waals surface area contributed by atoms with Gasteiger partial charge in [0.05, 0.1) is 12.6 Å². The molecule has 0 aromatic heterocycles. The van der Waals surface area contributed by atoms with E-state index in [-0.39, 0.29) is 18.6 Å². The molecule has 4 heteroatoms. The van der Waals surface area contributed by atoms with Crippen LogP contribution in [0.5, 0.6) is 0 Å². The minimum absolute atomic E-state index is 0.0455. The predicted molar refractivity (Wildman–Crippen MR) is 69.4 cm³/mol. The number of morpholine rings is 1. The Morgan fingerprint density at radius 3 is 2.67 bits per heavy atom. The molecule has 0 N–H and O–H groups in total. The predicted octanol–water partition coefficient (Wildman–Crippen LogP) is 2.65. The SMILES string of the molecule is O=C1COC[C@@H](c2ccc(Cl)cc2)N1CC1CC1. The van der Waals surface area contributed by atoms with Gasteiger partial charge in [-0.25, -0.2) is 0 Å². The number of carbonyl (C=O) groups excluding carboxylic acids is 1. The Hall–Kier alpha value is -1.06. The van der Waals surface area contributed by atoms with Gasteiger partial charge >= 0.3 is 0 Å². The van der Waals surface area contributed by atoms with Crippen molar-refractivity contribution in [2.75, 3.05) is 19.8 Å². The van der Waals surface area contributed by atoms with Crippen molar-refractivity contribution >= 4 is 17.5 Å². The molecule has 1 amide bonds. The number of rotatable bonds is 3. The van der Waals surface area contributed by atoms with Crippen LogP contribution in [0.25, 0.3) is 0 Å². The Morgan fingerprint density at radius 2 is 2.00 bits per heavy atom. The molecule has 1 saturated heterocycles. The Bertz CT molecular complexity index is 442. The third-order valence-corrected chi connectivity index (χ3v) is 3.86. The zero-order valence-electron chi connectivity index (χ0n) is 10.1. The monoisotopic (exact) mass is 265 g/mol. The van der Waals surface area contributed by atoms with Gasteiger partial charge in [0.1, 0.15) is 6.61 Å². The van der Waals surface area contributed by atoms with Crippen LogP contribution in [0.15, 0.2) is 24.3 Å². The molecule has 0 spiro atoms. The zero-order valence-corrected chi connectivity index (χ0v) is 10.9. The van der Waals surface area contributed by atoms with Crippen molar-refractivity contribution in [1.29, 1.82) is 0 Å². The third kappa shape index (κ3) is 2.52. The minimum atomic E-state index is 0.0455. The molecule has 96 valence electrons. The van der Waals surface area contributed by atoms with Crippen molar-refractivity contribution in [3.8, 4) is 0 Å². The van der Waals surface area contributed by atoms with Crippen LogP contribution < -0.4 is 0 Å². The summed E-state index contributed by atoms with van der Waals surface area (Å²) in [6, 6.07) is 7.74. The second kappa shape index (κ2) is 4.90. The molecular weight excluding hydrogens is 250 g/mol. The average molecular weight is 266 g/mol. The summed E-state index contributed by atoms with van der Waals surface area (Å²) in [6.07, 6.45) is 2.50. The van der Waals surface area contributed by atoms with Gasteiger partial charge in [0.2, 0.25) is 5.91 Å². The van der Waals surface area contributed by atoms with Gasteiger partial charge < -0.3 is 9.64 Å². The fourth-order valence-corrected chi connectivity index (χ4v) is 2.50. The number of hydrogen-bond acceptors (Lipinski definition) is 2. The molecule has 1 heterocycles. The lowest BCUT2D eigenvalue weighted by Gasteiger charge is -2.36. The van der Waals surface area contributed by atoms with Crippen LogP contribution in [0.1, 0.15) is 24.4 Å². The van der Waals surface area contributed by atoms with Crippen molar-refractivity contribution in [3.63, 3.8) is 0 Å². The molecule has 0 radical (unpaired) electrons. The lowest BCUT2D eigenvalue weighted by Crippen LogP contribution is -2.45. The van der Waals surface area contributed by atoms with Gasteiger partial charge in [0, 0.05) is 11.6 Å². The van der Waals surface area contributed by atoms with E-state index in [1.807, 2.05) is 29.2 Å². The zero-order chi connectivity index (χ0) is 12.5.